The fourth-order valence-electron chi connectivity index (χ4n) is 4.47. The van der Waals surface area contributed by atoms with E-state index < -0.39 is 0 Å². The highest BCUT2D eigenvalue weighted by atomic mass is 35.5. The Morgan fingerprint density at radius 1 is 1.24 bits per heavy atom. The molecule has 0 radical (unpaired) electrons. The average molecular weight is 412 g/mol. The number of benzene rings is 2. The number of carbonyl (C=O) groups excluding carboxylic acids is 1. The van der Waals surface area contributed by atoms with Gasteiger partial charge in [0, 0.05) is 34.5 Å². The molecule has 0 saturated carbocycles. The van der Waals surface area contributed by atoms with E-state index in [0.29, 0.717) is 30.3 Å². The van der Waals surface area contributed by atoms with E-state index in [1.54, 1.807) is 0 Å². The number of halogens is 1. The van der Waals surface area contributed by atoms with Crippen molar-refractivity contribution in [1.82, 2.24) is 4.90 Å². The standard InChI is InChI=1S/C24H26ClNO3/c1-16-7-8-20-17(2)22(29-21(20)11-16)23(28)26-10-4-9-24(14-26,15-27)13-18-5-3-6-19(25)12-18/h3,5-8,11-12,27H,4,9-10,13-15H2,1-2H3/t24-/m0/s1. The molecule has 0 unspecified atom stereocenters. The van der Waals surface area contributed by atoms with Crippen molar-refractivity contribution in [1.29, 1.82) is 0 Å². The SMILES string of the molecule is Cc1ccc2c(C)c(C(=O)N3CCC[C@](CO)(Cc4cccc(Cl)c4)C3)oc2c1. The number of likely N-dealkylation sites (tertiary alicyclic amines) is 1. The molecule has 3 aromatic rings. The molecule has 0 spiro atoms. The predicted molar refractivity (Wildman–Crippen MR) is 116 cm³/mol. The van der Waals surface area contributed by atoms with Crippen LogP contribution in [0.25, 0.3) is 11.0 Å². The second-order valence-electron chi connectivity index (χ2n) is 8.35. The smallest absolute Gasteiger partial charge is 0.289 e. The van der Waals surface area contributed by atoms with Crippen molar-refractivity contribution in [2.24, 2.45) is 5.41 Å². The summed E-state index contributed by atoms with van der Waals surface area (Å²) in [6.07, 6.45) is 2.41. The molecule has 1 aromatic heterocycles. The third-order valence-corrected chi connectivity index (χ3v) is 6.28. The molecule has 1 amide bonds. The maximum absolute atomic E-state index is 13.3. The van der Waals surface area contributed by atoms with Gasteiger partial charge in [-0.2, -0.15) is 0 Å². The fourth-order valence-corrected chi connectivity index (χ4v) is 4.68. The number of fused-ring (bicyclic) bond motifs is 1. The summed E-state index contributed by atoms with van der Waals surface area (Å²) in [4.78, 5) is 15.1. The zero-order valence-electron chi connectivity index (χ0n) is 16.9. The Morgan fingerprint density at radius 3 is 2.83 bits per heavy atom. The minimum Gasteiger partial charge on any atom is -0.451 e. The zero-order chi connectivity index (χ0) is 20.6. The number of amides is 1. The molecule has 5 heteroatoms. The molecule has 1 fully saturated rings. The average Bonchev–Trinajstić information content (AvgIpc) is 3.03. The lowest BCUT2D eigenvalue weighted by atomic mass is 9.75. The molecule has 1 aliphatic rings. The molecule has 0 bridgehead atoms. The van der Waals surface area contributed by atoms with E-state index in [9.17, 15) is 9.90 Å². The van der Waals surface area contributed by atoms with Crippen LogP contribution >= 0.6 is 11.6 Å². The van der Waals surface area contributed by atoms with Crippen LogP contribution in [0.5, 0.6) is 0 Å². The molecule has 4 nitrogen and oxygen atoms in total. The first kappa shape index (κ1) is 20.0. The summed E-state index contributed by atoms with van der Waals surface area (Å²) in [5.74, 6) is 0.307. The molecule has 1 saturated heterocycles. The van der Waals surface area contributed by atoms with E-state index in [0.717, 1.165) is 40.5 Å². The van der Waals surface area contributed by atoms with Gasteiger partial charge in [0.2, 0.25) is 0 Å². The maximum Gasteiger partial charge on any atom is 0.289 e. The monoisotopic (exact) mass is 411 g/mol. The number of carbonyl (C=O) groups is 1. The number of furan rings is 1. The van der Waals surface area contributed by atoms with E-state index in [4.69, 9.17) is 16.0 Å². The summed E-state index contributed by atoms with van der Waals surface area (Å²) in [7, 11) is 0. The first-order valence-electron chi connectivity index (χ1n) is 10.1. The fraction of sp³-hybridized carbons (Fsp3) is 0.375. The van der Waals surface area contributed by atoms with Crippen LogP contribution in [0.3, 0.4) is 0 Å². The Kier molecular flexibility index (Phi) is 5.41. The van der Waals surface area contributed by atoms with Crippen molar-refractivity contribution in [3.8, 4) is 0 Å². The molecule has 1 N–H and O–H groups in total. The number of aryl methyl sites for hydroxylation is 2. The Labute approximate surface area is 176 Å². The number of hydrogen-bond acceptors (Lipinski definition) is 3. The van der Waals surface area contributed by atoms with E-state index in [2.05, 4.69) is 0 Å². The minimum atomic E-state index is -0.366. The zero-order valence-corrected chi connectivity index (χ0v) is 17.6. The van der Waals surface area contributed by atoms with Crippen LogP contribution in [0.15, 0.2) is 46.9 Å². The van der Waals surface area contributed by atoms with Gasteiger partial charge in [-0.3, -0.25) is 4.79 Å². The summed E-state index contributed by atoms with van der Waals surface area (Å²) in [6.45, 7) is 5.15. The van der Waals surface area contributed by atoms with Crippen LogP contribution in [-0.2, 0) is 6.42 Å². The topological polar surface area (TPSA) is 53.7 Å². The van der Waals surface area contributed by atoms with Gasteiger partial charge in [-0.25, -0.2) is 0 Å². The van der Waals surface area contributed by atoms with Crippen molar-refractivity contribution in [2.45, 2.75) is 33.1 Å². The molecular weight excluding hydrogens is 386 g/mol. The van der Waals surface area contributed by atoms with Crippen molar-refractivity contribution in [3.05, 3.63) is 69.9 Å². The molecule has 1 atom stereocenters. The normalized spacial score (nSPS) is 19.7. The van der Waals surface area contributed by atoms with Gasteiger partial charge in [-0.1, -0.05) is 35.9 Å². The number of hydrogen-bond donors (Lipinski definition) is 1. The molecule has 4 rings (SSSR count). The van der Waals surface area contributed by atoms with E-state index in [-0.39, 0.29) is 17.9 Å². The first-order chi connectivity index (χ1) is 13.9. The highest BCUT2D eigenvalue weighted by molar-refractivity contribution is 6.30. The van der Waals surface area contributed by atoms with Gasteiger partial charge >= 0.3 is 0 Å². The van der Waals surface area contributed by atoms with Gasteiger partial charge in [-0.05, 0) is 62.4 Å². The largest absolute Gasteiger partial charge is 0.451 e. The van der Waals surface area contributed by atoms with Crippen molar-refractivity contribution in [3.63, 3.8) is 0 Å². The number of nitrogens with zero attached hydrogens (tertiary/aromatic N) is 1. The molecular formula is C24H26ClNO3. The summed E-state index contributed by atoms with van der Waals surface area (Å²) in [6, 6.07) is 13.7. The highest BCUT2D eigenvalue weighted by Gasteiger charge is 2.38. The maximum atomic E-state index is 13.3. The molecule has 0 aliphatic carbocycles. The second-order valence-corrected chi connectivity index (χ2v) is 8.79. The van der Waals surface area contributed by atoms with Crippen molar-refractivity contribution in [2.75, 3.05) is 19.7 Å². The molecule has 2 heterocycles. The van der Waals surface area contributed by atoms with Crippen LogP contribution < -0.4 is 0 Å². The van der Waals surface area contributed by atoms with Gasteiger partial charge in [0.05, 0.1) is 6.61 Å². The van der Waals surface area contributed by atoms with Gasteiger partial charge in [-0.15, -0.1) is 0 Å². The number of rotatable bonds is 4. The number of piperidine rings is 1. The third-order valence-electron chi connectivity index (χ3n) is 6.04. The van der Waals surface area contributed by atoms with Gasteiger partial charge in [0.1, 0.15) is 5.58 Å². The van der Waals surface area contributed by atoms with Crippen LogP contribution in [-0.4, -0.2) is 35.6 Å². The minimum absolute atomic E-state index is 0.0294. The summed E-state index contributed by atoms with van der Waals surface area (Å²) in [5.41, 5.74) is 3.44. The van der Waals surface area contributed by atoms with Crippen molar-refractivity contribution >= 4 is 28.5 Å². The predicted octanol–water partition coefficient (Wildman–Crippen LogP) is 5.16. The molecule has 2 aromatic carbocycles. The van der Waals surface area contributed by atoms with E-state index in [1.165, 1.54) is 0 Å². The van der Waals surface area contributed by atoms with Crippen molar-refractivity contribution < 1.29 is 14.3 Å². The van der Waals surface area contributed by atoms with Crippen LogP contribution in [0.4, 0.5) is 0 Å². The number of aliphatic hydroxyl groups excluding tert-OH is 1. The Hall–Kier alpha value is -2.30. The highest BCUT2D eigenvalue weighted by Crippen LogP contribution is 2.35. The van der Waals surface area contributed by atoms with E-state index in [1.807, 2.05) is 61.2 Å². The second kappa shape index (κ2) is 7.85. The van der Waals surface area contributed by atoms with Gasteiger partial charge in [0.15, 0.2) is 5.76 Å². The lowest BCUT2D eigenvalue weighted by Crippen LogP contribution is -2.49. The lowest BCUT2D eigenvalue weighted by molar-refractivity contribution is 0.0253. The van der Waals surface area contributed by atoms with Crippen LogP contribution in [0.1, 0.15) is 40.1 Å². The Balaban J connectivity index is 1.60. The summed E-state index contributed by atoms with van der Waals surface area (Å²) >= 11 is 6.14. The van der Waals surface area contributed by atoms with Crippen LogP contribution in [0.2, 0.25) is 5.02 Å². The Bertz CT molecular complexity index is 1060. The van der Waals surface area contributed by atoms with E-state index >= 15 is 0 Å². The van der Waals surface area contributed by atoms with Crippen LogP contribution in [0, 0.1) is 19.3 Å². The summed E-state index contributed by atoms with van der Waals surface area (Å²) < 4.78 is 5.96. The van der Waals surface area contributed by atoms with Gasteiger partial charge in [0.25, 0.3) is 5.91 Å². The number of aliphatic hydroxyl groups is 1. The molecule has 1 aliphatic heterocycles. The Morgan fingerprint density at radius 2 is 2.07 bits per heavy atom. The molecule has 152 valence electrons. The molecule has 29 heavy (non-hydrogen) atoms. The first-order valence-corrected chi connectivity index (χ1v) is 10.4. The lowest BCUT2D eigenvalue weighted by Gasteiger charge is -2.41. The third kappa shape index (κ3) is 3.92. The summed E-state index contributed by atoms with van der Waals surface area (Å²) in [5, 5.41) is 11.9. The van der Waals surface area contributed by atoms with Gasteiger partial charge < -0.3 is 14.4 Å². The quantitative estimate of drug-likeness (QED) is 0.645.